The van der Waals surface area contributed by atoms with Gasteiger partial charge in [-0.3, -0.25) is 4.79 Å². The minimum atomic E-state index is -1.34. The van der Waals surface area contributed by atoms with Crippen LogP contribution in [0, 0.1) is 11.7 Å². The average molecular weight is 444 g/mol. The number of anilines is 1. The smallest absolute Gasteiger partial charge is 0.341 e. The SMILES string of the molecule is CO/N=C1/CN(c2c(F)cc3c(=O)c(C(=O)O)cn4c3c2OC[C@@H]4C)CC1CNC1CC1. The maximum absolute atomic E-state index is 15.4. The lowest BCUT2D eigenvalue weighted by Crippen LogP contribution is -2.31. The molecule has 1 aromatic heterocycles. The Kier molecular flexibility index (Phi) is 5.04. The zero-order valence-electron chi connectivity index (χ0n) is 17.9. The zero-order valence-corrected chi connectivity index (χ0v) is 17.9. The van der Waals surface area contributed by atoms with Crippen LogP contribution in [0.3, 0.4) is 0 Å². The molecule has 1 aliphatic carbocycles. The lowest BCUT2D eigenvalue weighted by molar-refractivity contribution is 0.0694. The van der Waals surface area contributed by atoms with Crippen LogP contribution in [-0.4, -0.2) is 60.7 Å². The van der Waals surface area contributed by atoms with Crippen LogP contribution >= 0.6 is 0 Å². The highest BCUT2D eigenvalue weighted by Gasteiger charge is 2.36. The first-order valence-electron chi connectivity index (χ1n) is 10.7. The van der Waals surface area contributed by atoms with Crippen LogP contribution < -0.4 is 20.4 Å². The predicted molar refractivity (Wildman–Crippen MR) is 117 cm³/mol. The number of hydrogen-bond acceptors (Lipinski definition) is 7. The molecule has 0 amide bonds. The molecule has 3 aliphatic rings. The summed E-state index contributed by atoms with van der Waals surface area (Å²) in [6.45, 7) is 3.71. The van der Waals surface area contributed by atoms with E-state index < -0.39 is 17.2 Å². The molecule has 0 spiro atoms. The fraction of sp³-hybridized carbons (Fsp3) is 0.500. The number of carbonyl (C=O) groups is 1. The molecule has 10 heteroatoms. The number of carboxylic acids is 1. The van der Waals surface area contributed by atoms with Crippen molar-refractivity contribution >= 4 is 28.3 Å². The van der Waals surface area contributed by atoms with Crippen molar-refractivity contribution in [2.45, 2.75) is 31.8 Å². The van der Waals surface area contributed by atoms with Gasteiger partial charge in [-0.2, -0.15) is 0 Å². The summed E-state index contributed by atoms with van der Waals surface area (Å²) in [5.74, 6) is -1.64. The molecule has 2 N–H and O–H groups in total. The first-order chi connectivity index (χ1) is 15.4. The largest absolute Gasteiger partial charge is 0.487 e. The molecule has 1 saturated carbocycles. The minimum Gasteiger partial charge on any atom is -0.487 e. The highest BCUT2D eigenvalue weighted by atomic mass is 19.1. The van der Waals surface area contributed by atoms with Crippen LogP contribution in [-0.2, 0) is 4.84 Å². The Morgan fingerprint density at radius 2 is 2.22 bits per heavy atom. The summed E-state index contributed by atoms with van der Waals surface area (Å²) in [6, 6.07) is 1.46. The normalized spacial score (nSPS) is 23.6. The fourth-order valence-corrected chi connectivity index (χ4v) is 4.59. The number of aromatic carboxylic acids is 1. The number of halogens is 1. The summed E-state index contributed by atoms with van der Waals surface area (Å²) in [6.07, 6.45) is 3.66. The van der Waals surface area contributed by atoms with Crippen molar-refractivity contribution in [1.29, 1.82) is 0 Å². The van der Waals surface area contributed by atoms with Gasteiger partial charge in [0, 0.05) is 31.2 Å². The van der Waals surface area contributed by atoms with Gasteiger partial charge in [0.15, 0.2) is 11.6 Å². The van der Waals surface area contributed by atoms with E-state index in [9.17, 15) is 14.7 Å². The van der Waals surface area contributed by atoms with E-state index in [1.165, 1.54) is 26.1 Å². The van der Waals surface area contributed by atoms with E-state index in [0.29, 0.717) is 24.6 Å². The van der Waals surface area contributed by atoms with E-state index in [1.54, 1.807) is 4.57 Å². The van der Waals surface area contributed by atoms with Gasteiger partial charge in [-0.15, -0.1) is 0 Å². The van der Waals surface area contributed by atoms with Crippen LogP contribution in [0.25, 0.3) is 10.9 Å². The number of aromatic nitrogens is 1. The number of ether oxygens (including phenoxy) is 1. The highest BCUT2D eigenvalue weighted by Crippen LogP contribution is 2.43. The first kappa shape index (κ1) is 20.7. The molecule has 2 fully saturated rings. The van der Waals surface area contributed by atoms with E-state index in [4.69, 9.17) is 9.57 Å². The summed E-state index contributed by atoms with van der Waals surface area (Å²) in [5.41, 5.74) is 0.391. The van der Waals surface area contributed by atoms with Crippen LogP contribution in [0.15, 0.2) is 22.2 Å². The molecule has 0 radical (unpaired) electrons. The maximum Gasteiger partial charge on any atom is 0.341 e. The number of rotatable bonds is 6. The number of carboxylic acid groups (broad SMARTS) is 1. The van der Waals surface area contributed by atoms with E-state index >= 15 is 4.39 Å². The summed E-state index contributed by atoms with van der Waals surface area (Å²) < 4.78 is 23.1. The minimum absolute atomic E-state index is 0.00429. The van der Waals surface area contributed by atoms with Gasteiger partial charge >= 0.3 is 5.97 Å². The Labute approximate surface area is 183 Å². The first-order valence-corrected chi connectivity index (χ1v) is 10.7. The second-order valence-corrected chi connectivity index (χ2v) is 8.70. The molecule has 0 bridgehead atoms. The molecule has 3 heterocycles. The Morgan fingerprint density at radius 1 is 1.44 bits per heavy atom. The van der Waals surface area contributed by atoms with Gasteiger partial charge in [0.25, 0.3) is 0 Å². The van der Waals surface area contributed by atoms with E-state index in [1.807, 2.05) is 11.8 Å². The van der Waals surface area contributed by atoms with Crippen LogP contribution in [0.4, 0.5) is 10.1 Å². The monoisotopic (exact) mass is 444 g/mol. The molecule has 2 aliphatic heterocycles. The molecule has 2 aromatic rings. The quantitative estimate of drug-likeness (QED) is 0.657. The Morgan fingerprint density at radius 3 is 2.91 bits per heavy atom. The topological polar surface area (TPSA) is 105 Å². The van der Waals surface area contributed by atoms with E-state index in [2.05, 4.69) is 10.5 Å². The lowest BCUT2D eigenvalue weighted by atomic mass is 10.1. The molecule has 2 atom stereocenters. The van der Waals surface area contributed by atoms with Gasteiger partial charge in [0.1, 0.15) is 25.0 Å². The molecule has 9 nitrogen and oxygen atoms in total. The summed E-state index contributed by atoms with van der Waals surface area (Å²) in [7, 11) is 1.49. The summed E-state index contributed by atoms with van der Waals surface area (Å²) >= 11 is 0. The molecule has 1 unspecified atom stereocenters. The van der Waals surface area contributed by atoms with Gasteiger partial charge in [-0.05, 0) is 25.8 Å². The van der Waals surface area contributed by atoms with Crippen molar-refractivity contribution in [2.24, 2.45) is 11.1 Å². The Balaban J connectivity index is 1.61. The second kappa shape index (κ2) is 7.77. The van der Waals surface area contributed by atoms with Crippen LogP contribution in [0.2, 0.25) is 0 Å². The van der Waals surface area contributed by atoms with Crippen molar-refractivity contribution in [3.63, 3.8) is 0 Å². The number of nitrogens with one attached hydrogen (secondary N) is 1. The van der Waals surface area contributed by atoms with Crippen molar-refractivity contribution in [2.75, 3.05) is 38.3 Å². The third-order valence-electron chi connectivity index (χ3n) is 6.39. The number of hydrogen-bond donors (Lipinski definition) is 2. The molecule has 1 aromatic carbocycles. The van der Waals surface area contributed by atoms with Gasteiger partial charge in [0.2, 0.25) is 5.43 Å². The number of benzene rings is 1. The second-order valence-electron chi connectivity index (χ2n) is 8.70. The highest BCUT2D eigenvalue weighted by molar-refractivity contribution is 5.99. The van der Waals surface area contributed by atoms with Gasteiger partial charge in [0.05, 0.1) is 29.2 Å². The fourth-order valence-electron chi connectivity index (χ4n) is 4.59. The average Bonchev–Trinajstić information content (AvgIpc) is 3.50. The van der Waals surface area contributed by atoms with Crippen molar-refractivity contribution in [3.8, 4) is 5.75 Å². The molecule has 1 saturated heterocycles. The number of pyridine rings is 1. The van der Waals surface area contributed by atoms with Gasteiger partial charge in [-0.25, -0.2) is 9.18 Å². The van der Waals surface area contributed by atoms with Crippen molar-refractivity contribution in [1.82, 2.24) is 9.88 Å². The molecular weight excluding hydrogens is 419 g/mol. The maximum atomic E-state index is 15.4. The van der Waals surface area contributed by atoms with Gasteiger partial charge in [-0.1, -0.05) is 5.16 Å². The van der Waals surface area contributed by atoms with Crippen molar-refractivity contribution in [3.05, 3.63) is 33.9 Å². The Hall–Kier alpha value is -3.14. The number of nitrogens with zero attached hydrogens (tertiary/aromatic N) is 3. The third-order valence-corrected chi connectivity index (χ3v) is 6.39. The van der Waals surface area contributed by atoms with E-state index in [-0.39, 0.29) is 41.0 Å². The lowest BCUT2D eigenvalue weighted by Gasteiger charge is -2.31. The molecular formula is C22H25FN4O5. The zero-order chi connectivity index (χ0) is 22.6. The van der Waals surface area contributed by atoms with Gasteiger partial charge < -0.3 is 29.5 Å². The van der Waals surface area contributed by atoms with Crippen molar-refractivity contribution < 1.29 is 23.9 Å². The molecule has 32 heavy (non-hydrogen) atoms. The Bertz CT molecular complexity index is 1190. The molecule has 170 valence electrons. The summed E-state index contributed by atoms with van der Waals surface area (Å²) in [4.78, 5) is 31.2. The van der Waals surface area contributed by atoms with E-state index in [0.717, 1.165) is 18.3 Å². The molecule has 5 rings (SSSR count). The number of oxime groups is 1. The standard InChI is InChI=1S/C22H25FN4O5/c1-11-10-32-21-18-14(20(28)15(22(29)30)8-27(11)18)5-16(23)19(21)26-7-12(6-24-13-3-4-13)17(9-26)25-31-2/h5,8,11-13,24H,3-4,6-7,9-10H2,1-2H3,(H,29,30)/b25-17-/t11-,12?/m0/s1. The summed E-state index contributed by atoms with van der Waals surface area (Å²) in [5, 5.41) is 17.1. The van der Waals surface area contributed by atoms with Crippen LogP contribution in [0.1, 0.15) is 36.2 Å². The third kappa shape index (κ3) is 3.38. The predicted octanol–water partition coefficient (Wildman–Crippen LogP) is 1.98. The van der Waals surface area contributed by atoms with Crippen LogP contribution in [0.5, 0.6) is 5.75 Å².